The summed E-state index contributed by atoms with van der Waals surface area (Å²) in [7, 11) is 0. The van der Waals surface area contributed by atoms with Gasteiger partial charge in [0.2, 0.25) is 5.91 Å². The summed E-state index contributed by atoms with van der Waals surface area (Å²) in [6.07, 6.45) is 5.29. The molecule has 1 amide bonds. The van der Waals surface area contributed by atoms with Crippen molar-refractivity contribution < 1.29 is 14.3 Å². The third-order valence-electron chi connectivity index (χ3n) is 2.27. The molecule has 0 aliphatic rings. The molecule has 0 aromatic heterocycles. The second kappa shape index (κ2) is 7.69. The van der Waals surface area contributed by atoms with Crippen LogP contribution in [0.5, 0.6) is 0 Å². The SMILES string of the molecule is C=CCCOC(=O)[C@@H](NC(=O)/C=C\C)C(C)(C)C. The van der Waals surface area contributed by atoms with Crippen molar-refractivity contribution in [2.45, 2.75) is 40.2 Å². The molecule has 0 bridgehead atoms. The maximum Gasteiger partial charge on any atom is 0.329 e. The molecule has 102 valence electrons. The molecule has 0 aromatic rings. The lowest BCUT2D eigenvalue weighted by molar-refractivity contribution is -0.150. The topological polar surface area (TPSA) is 55.4 Å². The van der Waals surface area contributed by atoms with E-state index >= 15 is 0 Å². The first-order chi connectivity index (χ1) is 8.32. The van der Waals surface area contributed by atoms with E-state index < -0.39 is 17.4 Å². The third kappa shape index (κ3) is 6.23. The molecule has 0 aliphatic carbocycles. The van der Waals surface area contributed by atoms with Gasteiger partial charge in [-0.3, -0.25) is 4.79 Å². The molecule has 1 N–H and O–H groups in total. The van der Waals surface area contributed by atoms with Crippen LogP contribution in [-0.2, 0) is 14.3 Å². The van der Waals surface area contributed by atoms with Crippen LogP contribution in [0, 0.1) is 5.41 Å². The predicted molar refractivity (Wildman–Crippen MR) is 72.0 cm³/mol. The van der Waals surface area contributed by atoms with Crippen LogP contribution in [0.25, 0.3) is 0 Å². The van der Waals surface area contributed by atoms with Gasteiger partial charge in [0.15, 0.2) is 0 Å². The number of allylic oxidation sites excluding steroid dienone is 1. The molecular weight excluding hydrogens is 230 g/mol. The Kier molecular flexibility index (Phi) is 7.01. The highest BCUT2D eigenvalue weighted by molar-refractivity contribution is 5.91. The summed E-state index contributed by atoms with van der Waals surface area (Å²) in [4.78, 5) is 23.4. The summed E-state index contributed by atoms with van der Waals surface area (Å²) in [6.45, 7) is 11.2. The molecule has 0 saturated heterocycles. The quantitative estimate of drug-likeness (QED) is 0.342. The lowest BCUT2D eigenvalue weighted by atomic mass is 9.86. The van der Waals surface area contributed by atoms with Gasteiger partial charge in [0.05, 0.1) is 6.61 Å². The van der Waals surface area contributed by atoms with Gasteiger partial charge in [0, 0.05) is 0 Å². The Morgan fingerprint density at radius 3 is 2.44 bits per heavy atom. The number of amides is 1. The molecule has 4 heteroatoms. The van der Waals surface area contributed by atoms with Crippen LogP contribution in [-0.4, -0.2) is 24.5 Å². The molecule has 0 fully saturated rings. The van der Waals surface area contributed by atoms with Crippen LogP contribution in [0.4, 0.5) is 0 Å². The summed E-state index contributed by atoms with van der Waals surface area (Å²) in [5, 5.41) is 2.66. The maximum absolute atomic E-state index is 11.9. The highest BCUT2D eigenvalue weighted by atomic mass is 16.5. The first kappa shape index (κ1) is 16.4. The number of carbonyl (C=O) groups excluding carboxylic acids is 2. The summed E-state index contributed by atoms with van der Waals surface area (Å²) >= 11 is 0. The zero-order valence-corrected chi connectivity index (χ0v) is 11.7. The van der Waals surface area contributed by atoms with Gasteiger partial charge in [0.1, 0.15) is 6.04 Å². The second-order valence-corrected chi connectivity index (χ2v) is 5.05. The average molecular weight is 253 g/mol. The van der Waals surface area contributed by atoms with E-state index in [1.165, 1.54) is 6.08 Å². The van der Waals surface area contributed by atoms with E-state index in [0.717, 1.165) is 0 Å². The monoisotopic (exact) mass is 253 g/mol. The summed E-state index contributed by atoms with van der Waals surface area (Å²) in [6, 6.07) is -0.661. The molecule has 0 radical (unpaired) electrons. The van der Waals surface area contributed by atoms with Crippen molar-refractivity contribution in [3.63, 3.8) is 0 Å². The smallest absolute Gasteiger partial charge is 0.329 e. The van der Waals surface area contributed by atoms with Crippen molar-refractivity contribution in [2.75, 3.05) is 6.61 Å². The molecule has 0 saturated carbocycles. The minimum absolute atomic E-state index is 0.286. The Morgan fingerprint density at radius 2 is 2.00 bits per heavy atom. The lowest BCUT2D eigenvalue weighted by Crippen LogP contribution is -2.49. The lowest BCUT2D eigenvalue weighted by Gasteiger charge is -2.29. The standard InChI is InChI=1S/C14H23NO3/c1-6-8-10-18-13(17)12(14(3,4)5)15-11(16)9-7-2/h6-7,9,12H,1,8,10H2,2-5H3,(H,15,16)/b9-7-/t12-/m1/s1. The minimum atomic E-state index is -0.661. The molecule has 0 aromatic carbocycles. The van der Waals surface area contributed by atoms with E-state index in [0.29, 0.717) is 6.42 Å². The molecule has 0 rings (SSSR count). The summed E-state index contributed by atoms with van der Waals surface area (Å²) in [5.41, 5.74) is -0.400. The molecular formula is C14H23NO3. The number of hydrogen-bond donors (Lipinski definition) is 1. The first-order valence-electron chi connectivity index (χ1n) is 6.03. The highest BCUT2D eigenvalue weighted by Crippen LogP contribution is 2.20. The van der Waals surface area contributed by atoms with Gasteiger partial charge in [-0.2, -0.15) is 0 Å². The Bertz CT molecular complexity index is 326. The van der Waals surface area contributed by atoms with Gasteiger partial charge in [0.25, 0.3) is 0 Å². The van der Waals surface area contributed by atoms with Gasteiger partial charge in [-0.15, -0.1) is 6.58 Å². The molecule has 0 heterocycles. The van der Waals surface area contributed by atoms with Gasteiger partial charge >= 0.3 is 5.97 Å². The highest BCUT2D eigenvalue weighted by Gasteiger charge is 2.33. The minimum Gasteiger partial charge on any atom is -0.464 e. The Hall–Kier alpha value is -1.58. The van der Waals surface area contributed by atoms with E-state index in [-0.39, 0.29) is 12.5 Å². The Morgan fingerprint density at radius 1 is 1.39 bits per heavy atom. The fraction of sp³-hybridized carbons (Fsp3) is 0.571. The molecule has 0 unspecified atom stereocenters. The number of rotatable bonds is 6. The Labute approximate surface area is 109 Å². The van der Waals surface area contributed by atoms with Gasteiger partial charge < -0.3 is 10.1 Å². The fourth-order valence-corrected chi connectivity index (χ4v) is 1.30. The molecule has 1 atom stereocenters. The van der Waals surface area contributed by atoms with E-state index in [9.17, 15) is 9.59 Å². The van der Waals surface area contributed by atoms with Crippen molar-refractivity contribution in [2.24, 2.45) is 5.41 Å². The van der Waals surface area contributed by atoms with Crippen LogP contribution >= 0.6 is 0 Å². The number of hydrogen-bond acceptors (Lipinski definition) is 3. The maximum atomic E-state index is 11.9. The van der Waals surface area contributed by atoms with Crippen LogP contribution in [0.2, 0.25) is 0 Å². The van der Waals surface area contributed by atoms with E-state index in [1.54, 1.807) is 19.1 Å². The summed E-state index contributed by atoms with van der Waals surface area (Å²) < 4.78 is 5.10. The van der Waals surface area contributed by atoms with E-state index in [1.807, 2.05) is 20.8 Å². The van der Waals surface area contributed by atoms with Crippen LogP contribution in [0.15, 0.2) is 24.8 Å². The first-order valence-corrected chi connectivity index (χ1v) is 6.03. The summed E-state index contributed by atoms with van der Waals surface area (Å²) in [5.74, 6) is -0.708. The van der Waals surface area contributed by atoms with Crippen molar-refractivity contribution >= 4 is 11.9 Å². The fourth-order valence-electron chi connectivity index (χ4n) is 1.30. The number of esters is 1. The largest absolute Gasteiger partial charge is 0.464 e. The zero-order valence-electron chi connectivity index (χ0n) is 11.7. The number of ether oxygens (including phenoxy) is 1. The number of carbonyl (C=O) groups is 2. The van der Waals surface area contributed by atoms with E-state index in [2.05, 4.69) is 11.9 Å². The zero-order chi connectivity index (χ0) is 14.2. The van der Waals surface area contributed by atoms with Gasteiger partial charge in [-0.05, 0) is 24.8 Å². The molecule has 4 nitrogen and oxygen atoms in total. The van der Waals surface area contributed by atoms with Crippen molar-refractivity contribution in [1.82, 2.24) is 5.32 Å². The van der Waals surface area contributed by atoms with Crippen molar-refractivity contribution in [3.8, 4) is 0 Å². The molecule has 0 aliphatic heterocycles. The average Bonchev–Trinajstić information content (AvgIpc) is 2.25. The Balaban J connectivity index is 4.63. The second-order valence-electron chi connectivity index (χ2n) is 5.05. The van der Waals surface area contributed by atoms with Crippen molar-refractivity contribution in [3.05, 3.63) is 24.8 Å². The predicted octanol–water partition coefficient (Wildman–Crippen LogP) is 2.21. The number of nitrogens with one attached hydrogen (secondary N) is 1. The van der Waals surface area contributed by atoms with Gasteiger partial charge in [-0.1, -0.05) is 32.9 Å². The van der Waals surface area contributed by atoms with Crippen LogP contribution < -0.4 is 5.32 Å². The van der Waals surface area contributed by atoms with Crippen LogP contribution in [0.3, 0.4) is 0 Å². The normalized spacial score (nSPS) is 13.1. The molecule has 0 spiro atoms. The molecule has 18 heavy (non-hydrogen) atoms. The van der Waals surface area contributed by atoms with Crippen LogP contribution in [0.1, 0.15) is 34.1 Å². The third-order valence-corrected chi connectivity index (χ3v) is 2.27. The van der Waals surface area contributed by atoms with E-state index in [4.69, 9.17) is 4.74 Å². The van der Waals surface area contributed by atoms with Crippen molar-refractivity contribution in [1.29, 1.82) is 0 Å². The van der Waals surface area contributed by atoms with Gasteiger partial charge in [-0.25, -0.2) is 4.79 Å².